The Kier molecular flexibility index (Phi) is 9.43. The number of pyridine rings is 2. The molecule has 3 N–H and O–H groups in total. The monoisotopic (exact) mass is 704 g/mol. The van der Waals surface area contributed by atoms with Crippen LogP contribution in [0.25, 0.3) is 38.8 Å². The number of nitrogens with one attached hydrogen (secondary N) is 2. The first-order valence-corrected chi connectivity index (χ1v) is 15.1. The summed E-state index contributed by atoms with van der Waals surface area (Å²) in [5, 5.41) is 17.0. The molecular weight excluding hydrogens is 679 g/mol. The second kappa shape index (κ2) is 13.9. The van der Waals surface area contributed by atoms with Gasteiger partial charge in [-0.15, -0.1) is 0 Å². The maximum atomic E-state index is 15.1. The van der Waals surface area contributed by atoms with E-state index in [4.69, 9.17) is 0 Å². The molecule has 0 saturated heterocycles. The summed E-state index contributed by atoms with van der Waals surface area (Å²) >= 11 is 0. The predicted molar refractivity (Wildman–Crippen MR) is 176 cm³/mol. The molecule has 0 aliphatic rings. The fourth-order valence-electron chi connectivity index (χ4n) is 5.24. The third kappa shape index (κ3) is 7.21. The van der Waals surface area contributed by atoms with Gasteiger partial charge in [0.2, 0.25) is 5.95 Å². The van der Waals surface area contributed by atoms with Crippen LogP contribution >= 0.6 is 0 Å². The Balaban J connectivity index is 1.47. The molecule has 0 bridgehead atoms. The number of nitrogens with zero attached hydrogens (tertiary/aromatic N) is 4. The van der Waals surface area contributed by atoms with Crippen molar-refractivity contribution in [2.75, 3.05) is 23.8 Å². The van der Waals surface area contributed by atoms with E-state index in [2.05, 4.69) is 30.3 Å². The zero-order valence-corrected chi connectivity index (χ0v) is 26.3. The lowest BCUT2D eigenvalue weighted by atomic mass is 10.0. The van der Waals surface area contributed by atoms with E-state index < -0.39 is 66.1 Å². The summed E-state index contributed by atoms with van der Waals surface area (Å²) in [6, 6.07) is 17.7. The molecule has 51 heavy (non-hydrogen) atoms. The number of fused-ring (bicyclic) bond motifs is 2. The number of alkyl halides is 3. The van der Waals surface area contributed by atoms with E-state index in [1.165, 1.54) is 6.07 Å². The molecule has 1 amide bonds. The topological polar surface area (TPSA) is 148 Å². The van der Waals surface area contributed by atoms with Crippen molar-refractivity contribution < 1.29 is 41.4 Å². The van der Waals surface area contributed by atoms with Crippen LogP contribution in [-0.4, -0.2) is 61.9 Å². The van der Waals surface area contributed by atoms with Gasteiger partial charge in [-0.25, -0.2) is 18.6 Å². The van der Waals surface area contributed by atoms with Crippen molar-refractivity contribution in [3.63, 3.8) is 0 Å². The lowest BCUT2D eigenvalue weighted by Gasteiger charge is -2.20. The minimum absolute atomic E-state index is 0.0643. The van der Waals surface area contributed by atoms with E-state index in [-0.39, 0.29) is 28.1 Å². The summed E-state index contributed by atoms with van der Waals surface area (Å²) in [4.78, 5) is 50.8. The first-order chi connectivity index (χ1) is 24.3. The van der Waals surface area contributed by atoms with Crippen molar-refractivity contribution in [2.24, 2.45) is 0 Å². The summed E-state index contributed by atoms with van der Waals surface area (Å²) in [5.41, 5.74) is -0.563. The van der Waals surface area contributed by atoms with Crippen LogP contribution in [0.2, 0.25) is 0 Å². The number of halogens is 5. The van der Waals surface area contributed by atoms with Crippen LogP contribution in [0, 0.1) is 18.6 Å². The molecule has 6 aromatic rings. The highest BCUT2D eigenvalue weighted by molar-refractivity contribution is 6.05. The fourth-order valence-corrected chi connectivity index (χ4v) is 5.24. The number of anilines is 2. The Labute approximate surface area is 284 Å². The average molecular weight is 705 g/mol. The van der Waals surface area contributed by atoms with Gasteiger partial charge in [-0.1, -0.05) is 36.4 Å². The molecule has 3 heterocycles. The van der Waals surface area contributed by atoms with Crippen LogP contribution in [0.5, 0.6) is 0 Å². The molecule has 0 radical (unpaired) electrons. The summed E-state index contributed by atoms with van der Waals surface area (Å²) in [5.74, 6) is -5.65. The minimum atomic E-state index is -5.30. The first kappa shape index (κ1) is 34.6. The normalized spacial score (nSPS) is 12.1. The predicted octanol–water partition coefficient (Wildman–Crippen LogP) is 5.71. The SMILES string of the molecule is Cc1ccc(NC(=O)c2cc3ccccc3cn2)cc1-c1nc(NC(CO)COC(=O)C(F)(F)F)nc2c1ccc(=O)n2-c1c(F)cccc1F. The number of carbonyl (C=O) groups excluding carboxylic acids is 2. The van der Waals surface area contributed by atoms with Gasteiger partial charge in [-0.3, -0.25) is 19.1 Å². The number of amides is 1. The molecule has 16 heteroatoms. The maximum absolute atomic E-state index is 15.1. The second-order valence-electron chi connectivity index (χ2n) is 11.2. The zero-order chi connectivity index (χ0) is 36.4. The summed E-state index contributed by atoms with van der Waals surface area (Å²) in [6.07, 6.45) is -3.73. The lowest BCUT2D eigenvalue weighted by Crippen LogP contribution is -2.35. The van der Waals surface area contributed by atoms with Gasteiger partial charge in [-0.05, 0) is 54.3 Å². The molecule has 0 spiro atoms. The third-order valence-electron chi connectivity index (χ3n) is 7.73. The van der Waals surface area contributed by atoms with Crippen molar-refractivity contribution >= 4 is 45.3 Å². The van der Waals surface area contributed by atoms with Crippen LogP contribution < -0.4 is 16.2 Å². The lowest BCUT2D eigenvalue weighted by molar-refractivity contribution is -0.200. The summed E-state index contributed by atoms with van der Waals surface area (Å²) in [7, 11) is 0. The Morgan fingerprint density at radius 2 is 1.67 bits per heavy atom. The van der Waals surface area contributed by atoms with Gasteiger partial charge < -0.3 is 20.5 Å². The van der Waals surface area contributed by atoms with Crippen LogP contribution in [0.1, 0.15) is 16.1 Å². The number of aliphatic hydroxyl groups is 1. The van der Waals surface area contributed by atoms with Crippen molar-refractivity contribution in [3.05, 3.63) is 118 Å². The molecule has 3 aromatic heterocycles. The first-order valence-electron chi connectivity index (χ1n) is 15.1. The minimum Gasteiger partial charge on any atom is -0.457 e. The Morgan fingerprint density at radius 1 is 0.941 bits per heavy atom. The molecular formula is C35H25F5N6O5. The van der Waals surface area contributed by atoms with Gasteiger partial charge in [0.05, 0.1) is 18.3 Å². The highest BCUT2D eigenvalue weighted by Gasteiger charge is 2.41. The number of aryl methyl sites for hydroxylation is 1. The molecule has 1 unspecified atom stereocenters. The van der Waals surface area contributed by atoms with Crippen LogP contribution in [0.15, 0.2) is 89.9 Å². The third-order valence-corrected chi connectivity index (χ3v) is 7.73. The van der Waals surface area contributed by atoms with Crippen LogP contribution in [-0.2, 0) is 9.53 Å². The molecule has 260 valence electrons. The van der Waals surface area contributed by atoms with Gasteiger partial charge >= 0.3 is 12.1 Å². The average Bonchev–Trinajstić information content (AvgIpc) is 3.10. The van der Waals surface area contributed by atoms with Gasteiger partial charge in [-0.2, -0.15) is 18.2 Å². The molecule has 11 nitrogen and oxygen atoms in total. The van der Waals surface area contributed by atoms with Crippen molar-refractivity contribution in [2.45, 2.75) is 19.1 Å². The molecule has 3 aromatic carbocycles. The number of esters is 1. The quantitative estimate of drug-likeness (QED) is 0.127. The Bertz CT molecular complexity index is 2360. The summed E-state index contributed by atoms with van der Waals surface area (Å²) in [6.45, 7) is -0.139. The number of benzene rings is 3. The van der Waals surface area contributed by atoms with Gasteiger partial charge in [0.1, 0.15) is 29.6 Å². The summed E-state index contributed by atoms with van der Waals surface area (Å²) < 4.78 is 73.4. The van der Waals surface area contributed by atoms with E-state index in [1.54, 1.807) is 37.4 Å². The maximum Gasteiger partial charge on any atom is 0.490 e. The Morgan fingerprint density at radius 3 is 2.37 bits per heavy atom. The number of aliphatic hydroxyl groups excluding tert-OH is 1. The number of aromatic nitrogens is 4. The van der Waals surface area contributed by atoms with E-state index in [0.29, 0.717) is 15.7 Å². The Hall–Kier alpha value is -6.29. The van der Waals surface area contributed by atoms with Gasteiger partial charge in [0.15, 0.2) is 5.65 Å². The zero-order valence-electron chi connectivity index (χ0n) is 26.3. The number of hydrogen-bond acceptors (Lipinski definition) is 9. The fraction of sp³-hybridized carbons (Fsp3) is 0.143. The molecule has 0 saturated carbocycles. The number of rotatable bonds is 9. The van der Waals surface area contributed by atoms with Crippen molar-refractivity contribution in [1.82, 2.24) is 19.5 Å². The standard InChI is InChI=1S/C35H25F5N6O5/c1-18-9-10-21(42-32(49)27-13-19-5-2-3-6-20(19)15-41-27)14-24(18)29-23-11-12-28(48)46(30-25(36)7-4-8-26(30)37)31(23)45-34(44-29)43-22(16-47)17-51-33(50)35(38,39)40/h2-15,22,47H,16-17H2,1H3,(H,42,49)(H,43,44,45). The molecule has 6 rings (SSSR count). The number of para-hydroxylation sites is 1. The second-order valence-corrected chi connectivity index (χ2v) is 11.2. The van der Waals surface area contributed by atoms with Crippen LogP contribution in [0.4, 0.5) is 33.6 Å². The molecule has 1 atom stereocenters. The molecule has 0 fully saturated rings. The highest BCUT2D eigenvalue weighted by Crippen LogP contribution is 2.33. The van der Waals surface area contributed by atoms with E-state index in [9.17, 15) is 32.7 Å². The van der Waals surface area contributed by atoms with E-state index in [1.807, 2.05) is 24.3 Å². The van der Waals surface area contributed by atoms with Gasteiger partial charge in [0.25, 0.3) is 11.5 Å². The molecule has 0 aliphatic carbocycles. The van der Waals surface area contributed by atoms with Crippen molar-refractivity contribution in [3.8, 4) is 16.9 Å². The van der Waals surface area contributed by atoms with E-state index in [0.717, 1.165) is 35.0 Å². The number of carbonyl (C=O) groups is 2. The largest absolute Gasteiger partial charge is 0.490 e. The number of hydrogen-bond donors (Lipinski definition) is 3. The van der Waals surface area contributed by atoms with Crippen LogP contribution in [0.3, 0.4) is 0 Å². The highest BCUT2D eigenvalue weighted by atomic mass is 19.4. The molecule has 0 aliphatic heterocycles. The van der Waals surface area contributed by atoms with Crippen molar-refractivity contribution in [1.29, 1.82) is 0 Å². The van der Waals surface area contributed by atoms with E-state index >= 15 is 8.78 Å². The van der Waals surface area contributed by atoms with Gasteiger partial charge in [0, 0.05) is 34.3 Å². The smallest absolute Gasteiger partial charge is 0.457 e. The number of ether oxygens (including phenoxy) is 1.